The van der Waals surface area contributed by atoms with Crippen molar-refractivity contribution in [3.63, 3.8) is 0 Å². The molecule has 4 nitrogen and oxygen atoms in total. The van der Waals surface area contributed by atoms with Gasteiger partial charge in [-0.05, 0) is 130 Å². The first-order chi connectivity index (χ1) is 32.7. The van der Waals surface area contributed by atoms with Gasteiger partial charge in [-0.25, -0.2) is 9.97 Å². The van der Waals surface area contributed by atoms with Crippen molar-refractivity contribution < 1.29 is 0 Å². The van der Waals surface area contributed by atoms with Gasteiger partial charge in [0.05, 0.1) is 30.2 Å². The molecule has 0 aliphatic rings. The number of para-hydroxylation sites is 2. The number of benzene rings is 8. The van der Waals surface area contributed by atoms with Gasteiger partial charge in [0.25, 0.3) is 0 Å². The van der Waals surface area contributed by atoms with Crippen LogP contribution in [0.3, 0.4) is 0 Å². The number of hydrogen-bond donors (Lipinski definition) is 0. The van der Waals surface area contributed by atoms with E-state index in [0.717, 1.165) is 74.7 Å². The molecule has 12 aromatic rings. The van der Waals surface area contributed by atoms with Crippen molar-refractivity contribution in [3.8, 4) is 53.2 Å². The van der Waals surface area contributed by atoms with Gasteiger partial charge in [0, 0.05) is 22.7 Å². The highest BCUT2D eigenvalue weighted by Gasteiger charge is 2.20. The van der Waals surface area contributed by atoms with Crippen LogP contribution in [0.25, 0.3) is 73.6 Å². The van der Waals surface area contributed by atoms with Crippen molar-refractivity contribution >= 4 is 98.5 Å². The third kappa shape index (κ3) is 7.90. The van der Waals surface area contributed by atoms with Crippen molar-refractivity contribution in [2.24, 2.45) is 0 Å². The number of thiophene rings is 2. The van der Waals surface area contributed by atoms with Crippen LogP contribution in [0.15, 0.2) is 231 Å². The molecule has 0 aliphatic carbocycles. The molecule has 8 heteroatoms. The summed E-state index contributed by atoms with van der Waals surface area (Å²) in [7, 11) is 0. The van der Waals surface area contributed by atoms with Gasteiger partial charge in [-0.3, -0.25) is 0 Å². The number of aromatic nitrogens is 2. The van der Waals surface area contributed by atoms with Crippen LogP contribution in [0.2, 0.25) is 0 Å². The Morgan fingerprint density at radius 3 is 0.894 bits per heavy atom. The van der Waals surface area contributed by atoms with Gasteiger partial charge in [0.1, 0.15) is 20.0 Å². The van der Waals surface area contributed by atoms with E-state index in [1.165, 1.54) is 31.7 Å². The molecule has 12 rings (SSSR count). The lowest BCUT2D eigenvalue weighted by molar-refractivity contribution is 1.31. The van der Waals surface area contributed by atoms with E-state index >= 15 is 0 Å². The highest BCUT2D eigenvalue weighted by atomic mass is 32.1. The molecule has 0 unspecified atom stereocenters. The summed E-state index contributed by atoms with van der Waals surface area (Å²) in [5, 5.41) is 4.35. The zero-order valence-corrected chi connectivity index (χ0v) is 38.6. The van der Waals surface area contributed by atoms with Crippen molar-refractivity contribution in [3.05, 3.63) is 231 Å². The normalized spacial score (nSPS) is 11.3. The molecule has 0 saturated carbocycles. The van der Waals surface area contributed by atoms with Crippen molar-refractivity contribution in [1.29, 1.82) is 0 Å². The third-order valence-electron chi connectivity index (χ3n) is 11.7. The van der Waals surface area contributed by atoms with E-state index in [4.69, 9.17) is 9.97 Å². The summed E-state index contributed by atoms with van der Waals surface area (Å²) in [6.45, 7) is 0. The van der Waals surface area contributed by atoms with Gasteiger partial charge in [-0.15, -0.1) is 45.3 Å². The van der Waals surface area contributed by atoms with Gasteiger partial charge in [0.15, 0.2) is 0 Å². The van der Waals surface area contributed by atoms with E-state index in [2.05, 4.69) is 240 Å². The van der Waals surface area contributed by atoms with Crippen molar-refractivity contribution in [1.82, 2.24) is 9.97 Å². The summed E-state index contributed by atoms with van der Waals surface area (Å²) in [6, 6.07) is 82.4. The largest absolute Gasteiger partial charge is 0.302 e. The second kappa shape index (κ2) is 17.5. The van der Waals surface area contributed by atoms with Crippen molar-refractivity contribution in [2.75, 3.05) is 9.80 Å². The zero-order valence-electron chi connectivity index (χ0n) is 35.4. The van der Waals surface area contributed by atoms with Gasteiger partial charge in [-0.1, -0.05) is 133 Å². The highest BCUT2D eigenvalue weighted by Crippen LogP contribution is 2.46. The van der Waals surface area contributed by atoms with Crippen LogP contribution < -0.4 is 9.80 Å². The Kier molecular flexibility index (Phi) is 10.6. The Labute approximate surface area is 399 Å². The predicted molar refractivity (Wildman–Crippen MR) is 285 cm³/mol. The highest BCUT2D eigenvalue weighted by molar-refractivity contribution is 7.27. The first kappa shape index (κ1) is 40.1. The van der Waals surface area contributed by atoms with E-state index in [1.54, 1.807) is 45.3 Å². The minimum absolute atomic E-state index is 1.04. The Balaban J connectivity index is 0.868. The zero-order chi connectivity index (χ0) is 43.8. The summed E-state index contributed by atoms with van der Waals surface area (Å²) in [4.78, 5) is 17.0. The minimum Gasteiger partial charge on any atom is -0.302 e. The predicted octanol–water partition coefficient (Wildman–Crippen LogP) is 18.3. The van der Waals surface area contributed by atoms with Crippen LogP contribution in [0.1, 0.15) is 0 Å². The second-order valence-corrected chi connectivity index (χ2v) is 20.0. The van der Waals surface area contributed by atoms with Gasteiger partial charge in [-0.2, -0.15) is 0 Å². The number of nitrogens with zero attached hydrogens (tertiary/aromatic N) is 4. The van der Waals surface area contributed by atoms with Crippen LogP contribution in [-0.2, 0) is 0 Å². The van der Waals surface area contributed by atoms with E-state index in [-0.39, 0.29) is 0 Å². The van der Waals surface area contributed by atoms with Gasteiger partial charge < -0.3 is 9.80 Å². The Morgan fingerprint density at radius 2 is 0.561 bits per heavy atom. The first-order valence-corrected chi connectivity index (χ1v) is 25.0. The number of hydrogen-bond acceptors (Lipinski definition) is 8. The summed E-state index contributed by atoms with van der Waals surface area (Å²) in [6.07, 6.45) is 0. The molecule has 0 bridgehead atoms. The van der Waals surface area contributed by atoms with E-state index in [9.17, 15) is 0 Å². The first-order valence-electron chi connectivity index (χ1n) is 21.7. The van der Waals surface area contributed by atoms with Crippen LogP contribution in [0.5, 0.6) is 0 Å². The minimum atomic E-state index is 1.04. The number of anilines is 6. The summed E-state index contributed by atoms with van der Waals surface area (Å²) < 4.78 is 2.40. The quantitative estimate of drug-likeness (QED) is 0.129. The summed E-state index contributed by atoms with van der Waals surface area (Å²) in [5.41, 5.74) is 13.5. The maximum absolute atomic E-state index is 4.98. The molecule has 4 aromatic heterocycles. The molecule has 0 radical (unpaired) electrons. The fourth-order valence-corrected chi connectivity index (χ4v) is 12.5. The fourth-order valence-electron chi connectivity index (χ4n) is 8.36. The summed E-state index contributed by atoms with van der Waals surface area (Å²) in [5.74, 6) is 0. The molecule has 0 aliphatic heterocycles. The molecular formula is C58H38N4S4. The standard InChI is InChI=1S/C58H38N4S4/c1-3-11-39(12-4-1)41-19-27-45(28-20-41)61(55-37-35-53(63-55)57-59-49-15-7-9-17-51(49)65-57)47-31-23-43(24-32-47)44-25-33-48(34-26-44)62(46-29-21-42(22-30-46)40-13-5-2-6-14-40)56-38-36-54(64-56)58-60-50-16-8-10-18-52(50)66-58/h1-38H. The molecule has 0 fully saturated rings. The average molecular weight is 919 g/mol. The second-order valence-electron chi connectivity index (χ2n) is 15.8. The maximum Gasteiger partial charge on any atom is 0.134 e. The lowest BCUT2D eigenvalue weighted by Gasteiger charge is -2.25. The lowest BCUT2D eigenvalue weighted by Crippen LogP contribution is -2.08. The van der Waals surface area contributed by atoms with Gasteiger partial charge in [0.2, 0.25) is 0 Å². The molecule has 66 heavy (non-hydrogen) atoms. The molecule has 0 amide bonds. The lowest BCUT2D eigenvalue weighted by atomic mass is 10.0. The topological polar surface area (TPSA) is 32.3 Å². The maximum atomic E-state index is 4.98. The monoisotopic (exact) mass is 918 g/mol. The van der Waals surface area contributed by atoms with Crippen LogP contribution in [0, 0.1) is 0 Å². The Morgan fingerprint density at radius 1 is 0.258 bits per heavy atom. The molecule has 0 spiro atoms. The van der Waals surface area contributed by atoms with Crippen molar-refractivity contribution in [2.45, 2.75) is 0 Å². The van der Waals surface area contributed by atoms with E-state index in [1.807, 2.05) is 0 Å². The molecular weight excluding hydrogens is 881 g/mol. The van der Waals surface area contributed by atoms with E-state index in [0.29, 0.717) is 0 Å². The molecule has 4 heterocycles. The van der Waals surface area contributed by atoms with E-state index < -0.39 is 0 Å². The van der Waals surface area contributed by atoms with Crippen LogP contribution in [0.4, 0.5) is 32.8 Å². The molecule has 8 aromatic carbocycles. The average Bonchev–Trinajstić information content (AvgIpc) is 4.23. The smallest absolute Gasteiger partial charge is 0.134 e. The Hall–Kier alpha value is -7.46. The number of thiazole rings is 2. The third-order valence-corrected chi connectivity index (χ3v) is 16.2. The fraction of sp³-hybridized carbons (Fsp3) is 0. The molecule has 0 saturated heterocycles. The molecule has 314 valence electrons. The van der Waals surface area contributed by atoms with Crippen LogP contribution >= 0.6 is 45.3 Å². The SMILES string of the molecule is c1ccc(-c2ccc(N(c3ccc(-c4ccc(N(c5ccc(-c6ccccc6)cc5)c5ccc(-c6nc7ccccc7s6)s5)cc4)cc3)c3ccc(-c4nc5ccccc5s4)s3)cc2)cc1. The molecule has 0 N–H and O–H groups in total. The summed E-state index contributed by atoms with van der Waals surface area (Å²) >= 11 is 7.02. The number of rotatable bonds is 11. The van der Waals surface area contributed by atoms with Gasteiger partial charge >= 0.3 is 0 Å². The molecule has 0 atom stereocenters. The number of fused-ring (bicyclic) bond motifs is 2. The Bertz CT molecular complexity index is 3270. The van der Waals surface area contributed by atoms with Crippen LogP contribution in [-0.4, -0.2) is 9.97 Å².